The van der Waals surface area contributed by atoms with Crippen molar-refractivity contribution in [3.63, 3.8) is 0 Å². The van der Waals surface area contributed by atoms with Crippen LogP contribution in [0.15, 0.2) is 54.9 Å². The first-order chi connectivity index (χ1) is 13.7. The van der Waals surface area contributed by atoms with Crippen LogP contribution in [0.1, 0.15) is 48.7 Å². The molecule has 1 aliphatic rings. The molecule has 28 heavy (non-hydrogen) atoms. The first kappa shape index (κ1) is 18.7. The van der Waals surface area contributed by atoms with Crippen LogP contribution in [0.2, 0.25) is 0 Å². The Kier molecular flexibility index (Phi) is 5.72. The topological polar surface area (TPSA) is 61.0 Å². The highest BCUT2D eigenvalue weighted by molar-refractivity contribution is 5.98. The van der Waals surface area contributed by atoms with E-state index in [4.69, 9.17) is 0 Å². The number of H-pyrrole nitrogens is 1. The Hall–Kier alpha value is -2.66. The largest absolute Gasteiger partial charge is 0.350 e. The van der Waals surface area contributed by atoms with Crippen LogP contribution < -0.4 is 5.32 Å². The molecular weight excluding hydrogens is 348 g/mol. The number of carbonyl (C=O) groups excluding carboxylic acids is 1. The minimum atomic E-state index is 0.0902. The Morgan fingerprint density at radius 1 is 1.25 bits per heavy atom. The lowest BCUT2D eigenvalue weighted by Gasteiger charge is -2.37. The molecule has 5 nitrogen and oxygen atoms in total. The van der Waals surface area contributed by atoms with Gasteiger partial charge < -0.3 is 15.2 Å². The molecule has 1 fully saturated rings. The van der Waals surface area contributed by atoms with Crippen LogP contribution >= 0.6 is 0 Å². The fourth-order valence-electron chi connectivity index (χ4n) is 4.30. The molecule has 146 valence electrons. The third kappa shape index (κ3) is 4.09. The lowest BCUT2D eigenvalue weighted by molar-refractivity contribution is 0.0623. The third-order valence-electron chi connectivity index (χ3n) is 5.78. The molecular formula is C23H28N4O. The van der Waals surface area contributed by atoms with Crippen molar-refractivity contribution in [1.82, 2.24) is 20.2 Å². The van der Waals surface area contributed by atoms with Gasteiger partial charge in [-0.2, -0.15) is 0 Å². The monoisotopic (exact) mass is 376 g/mol. The number of aromatic amines is 1. The van der Waals surface area contributed by atoms with Crippen LogP contribution in [0.25, 0.3) is 10.9 Å². The minimum Gasteiger partial charge on any atom is -0.350 e. The number of fused-ring (bicyclic) bond motifs is 1. The van der Waals surface area contributed by atoms with Crippen LogP contribution in [0, 0.1) is 0 Å². The molecule has 5 heteroatoms. The summed E-state index contributed by atoms with van der Waals surface area (Å²) in [5.74, 6) is 0.0902. The zero-order valence-corrected chi connectivity index (χ0v) is 16.4. The van der Waals surface area contributed by atoms with Gasteiger partial charge >= 0.3 is 0 Å². The molecule has 0 radical (unpaired) electrons. The average Bonchev–Trinajstić information content (AvgIpc) is 3.18. The molecule has 2 N–H and O–H groups in total. The Morgan fingerprint density at radius 2 is 2.11 bits per heavy atom. The second-order valence-corrected chi connectivity index (χ2v) is 7.62. The van der Waals surface area contributed by atoms with E-state index in [1.807, 2.05) is 23.1 Å². The van der Waals surface area contributed by atoms with E-state index in [-0.39, 0.29) is 11.9 Å². The van der Waals surface area contributed by atoms with Gasteiger partial charge in [-0.05, 0) is 50.3 Å². The molecule has 1 aromatic carbocycles. The highest BCUT2D eigenvalue weighted by Crippen LogP contribution is 2.25. The lowest BCUT2D eigenvalue weighted by atomic mass is 9.89. The predicted octanol–water partition coefficient (Wildman–Crippen LogP) is 4.13. The SMILES string of the molecule is CCN(C(=O)c1cc2cnccc2[nH]1)[C@H]1CCCC(NCc2ccccc2)C1. The zero-order valence-electron chi connectivity index (χ0n) is 16.4. The molecule has 0 bridgehead atoms. The molecule has 2 aromatic heterocycles. The molecule has 2 heterocycles. The van der Waals surface area contributed by atoms with Crippen molar-refractivity contribution in [2.75, 3.05) is 6.54 Å². The Balaban J connectivity index is 1.42. The quantitative estimate of drug-likeness (QED) is 0.680. The summed E-state index contributed by atoms with van der Waals surface area (Å²) in [6.07, 6.45) is 7.95. The maximum atomic E-state index is 13.2. The van der Waals surface area contributed by atoms with Crippen molar-refractivity contribution in [1.29, 1.82) is 0 Å². The number of nitrogens with one attached hydrogen (secondary N) is 2. The van der Waals surface area contributed by atoms with Gasteiger partial charge in [-0.3, -0.25) is 9.78 Å². The smallest absolute Gasteiger partial charge is 0.270 e. The van der Waals surface area contributed by atoms with Gasteiger partial charge in [0, 0.05) is 48.5 Å². The minimum absolute atomic E-state index is 0.0902. The fraction of sp³-hybridized carbons (Fsp3) is 0.391. The van der Waals surface area contributed by atoms with Crippen molar-refractivity contribution in [3.05, 3.63) is 66.1 Å². The highest BCUT2D eigenvalue weighted by atomic mass is 16.2. The predicted molar refractivity (Wildman–Crippen MR) is 112 cm³/mol. The van der Waals surface area contributed by atoms with E-state index in [9.17, 15) is 4.79 Å². The maximum absolute atomic E-state index is 13.2. The van der Waals surface area contributed by atoms with Gasteiger partial charge in [0.1, 0.15) is 5.69 Å². The number of pyridine rings is 1. The molecule has 2 atom stereocenters. The summed E-state index contributed by atoms with van der Waals surface area (Å²) in [5, 5.41) is 4.67. The summed E-state index contributed by atoms with van der Waals surface area (Å²) >= 11 is 0. The molecule has 0 saturated heterocycles. The van der Waals surface area contributed by atoms with E-state index >= 15 is 0 Å². The second kappa shape index (κ2) is 8.57. The summed E-state index contributed by atoms with van der Waals surface area (Å²) in [7, 11) is 0. The third-order valence-corrected chi connectivity index (χ3v) is 5.78. The van der Waals surface area contributed by atoms with Crippen LogP contribution in [0.3, 0.4) is 0 Å². The Bertz CT molecular complexity index is 888. The van der Waals surface area contributed by atoms with Crippen molar-refractivity contribution < 1.29 is 4.79 Å². The summed E-state index contributed by atoms with van der Waals surface area (Å²) in [5.41, 5.74) is 2.92. The van der Waals surface area contributed by atoms with E-state index in [1.54, 1.807) is 12.4 Å². The fourth-order valence-corrected chi connectivity index (χ4v) is 4.30. The molecule has 1 amide bonds. The standard InChI is InChI=1S/C23H28N4O/c1-2-27(23(28)22-13-18-16-24-12-11-21(18)26-22)20-10-6-9-19(14-20)25-15-17-7-4-3-5-8-17/h3-5,7-8,11-13,16,19-20,25-26H,2,6,9-10,14-15H2,1H3/t19?,20-/m0/s1. The van der Waals surface area contributed by atoms with Crippen LogP contribution in [-0.2, 0) is 6.54 Å². The van der Waals surface area contributed by atoms with Crippen LogP contribution in [0.5, 0.6) is 0 Å². The number of amides is 1. The van der Waals surface area contributed by atoms with Crippen molar-refractivity contribution >= 4 is 16.8 Å². The summed E-state index contributed by atoms with van der Waals surface area (Å²) < 4.78 is 0. The van der Waals surface area contributed by atoms with Gasteiger partial charge in [0.15, 0.2) is 0 Å². The molecule has 1 saturated carbocycles. The number of hydrogen-bond acceptors (Lipinski definition) is 3. The highest BCUT2D eigenvalue weighted by Gasteiger charge is 2.29. The second-order valence-electron chi connectivity index (χ2n) is 7.62. The lowest BCUT2D eigenvalue weighted by Crippen LogP contribution is -2.46. The molecule has 1 unspecified atom stereocenters. The zero-order chi connectivity index (χ0) is 19.3. The molecule has 3 aromatic rings. The number of hydrogen-bond donors (Lipinski definition) is 2. The van der Waals surface area contributed by atoms with Crippen LogP contribution in [0.4, 0.5) is 0 Å². The molecule has 4 rings (SSSR count). The van der Waals surface area contributed by atoms with Crippen molar-refractivity contribution in [2.45, 2.75) is 51.2 Å². The molecule has 0 aliphatic heterocycles. The normalized spacial score (nSPS) is 19.6. The maximum Gasteiger partial charge on any atom is 0.270 e. The molecule has 0 spiro atoms. The first-order valence-electron chi connectivity index (χ1n) is 10.3. The van der Waals surface area contributed by atoms with Crippen molar-refractivity contribution in [3.8, 4) is 0 Å². The van der Waals surface area contributed by atoms with E-state index in [0.717, 1.165) is 43.3 Å². The molecule has 1 aliphatic carbocycles. The number of rotatable bonds is 6. The van der Waals surface area contributed by atoms with Gasteiger partial charge in [0.05, 0.1) is 0 Å². The van der Waals surface area contributed by atoms with Gasteiger partial charge in [-0.25, -0.2) is 0 Å². The van der Waals surface area contributed by atoms with Gasteiger partial charge in [-0.15, -0.1) is 0 Å². The Labute approximate surface area is 166 Å². The van der Waals surface area contributed by atoms with E-state index in [1.165, 1.54) is 12.0 Å². The Morgan fingerprint density at radius 3 is 2.89 bits per heavy atom. The van der Waals surface area contributed by atoms with Gasteiger partial charge in [0.25, 0.3) is 5.91 Å². The number of aromatic nitrogens is 2. The number of nitrogens with zero attached hydrogens (tertiary/aromatic N) is 2. The summed E-state index contributed by atoms with van der Waals surface area (Å²) in [6, 6.07) is 15.1. The summed E-state index contributed by atoms with van der Waals surface area (Å²) in [4.78, 5) is 22.6. The van der Waals surface area contributed by atoms with Crippen molar-refractivity contribution in [2.24, 2.45) is 0 Å². The van der Waals surface area contributed by atoms with Gasteiger partial charge in [0.2, 0.25) is 0 Å². The van der Waals surface area contributed by atoms with E-state index in [0.29, 0.717) is 11.7 Å². The average molecular weight is 377 g/mol. The summed E-state index contributed by atoms with van der Waals surface area (Å²) in [6.45, 7) is 3.68. The van der Waals surface area contributed by atoms with E-state index in [2.05, 4.69) is 46.5 Å². The van der Waals surface area contributed by atoms with E-state index < -0.39 is 0 Å². The van der Waals surface area contributed by atoms with Crippen LogP contribution in [-0.4, -0.2) is 39.4 Å². The number of carbonyl (C=O) groups is 1. The number of benzene rings is 1. The first-order valence-corrected chi connectivity index (χ1v) is 10.3. The van der Waals surface area contributed by atoms with Gasteiger partial charge in [-0.1, -0.05) is 30.3 Å².